The maximum Gasteiger partial charge on any atom is 0.387 e. The van der Waals surface area contributed by atoms with Gasteiger partial charge in [0.15, 0.2) is 17.3 Å². The summed E-state index contributed by atoms with van der Waals surface area (Å²) < 4.78 is 36.4. The molecule has 0 saturated heterocycles. The van der Waals surface area contributed by atoms with Crippen LogP contribution in [0.2, 0.25) is 0 Å². The molecule has 0 saturated carbocycles. The lowest BCUT2D eigenvalue weighted by Crippen LogP contribution is -2.16. The van der Waals surface area contributed by atoms with Gasteiger partial charge in [0, 0.05) is 5.69 Å². The number of rotatable bonds is 6. The third-order valence-electron chi connectivity index (χ3n) is 3.62. The van der Waals surface area contributed by atoms with Gasteiger partial charge in [-0.25, -0.2) is 0 Å². The van der Waals surface area contributed by atoms with Crippen LogP contribution in [0.25, 0.3) is 5.69 Å². The predicted molar refractivity (Wildman–Crippen MR) is 91.5 cm³/mol. The number of tetrazole rings is 1. The summed E-state index contributed by atoms with van der Waals surface area (Å²) >= 11 is 0. The van der Waals surface area contributed by atoms with Gasteiger partial charge < -0.3 is 14.8 Å². The smallest absolute Gasteiger partial charge is 0.387 e. The second-order valence-electron chi connectivity index (χ2n) is 5.36. The number of aromatic nitrogens is 4. The Hall–Kier alpha value is -3.56. The minimum atomic E-state index is -3.10. The summed E-state index contributed by atoms with van der Waals surface area (Å²) in [5.41, 5.74) is 0.974. The Morgan fingerprint density at radius 3 is 2.67 bits per heavy atom. The summed E-state index contributed by atoms with van der Waals surface area (Å²) in [6.45, 7) is -1.37. The number of nitrogens with zero attached hydrogens (tertiary/aromatic N) is 4. The molecule has 0 radical (unpaired) electrons. The van der Waals surface area contributed by atoms with Crippen molar-refractivity contribution in [2.75, 3.05) is 12.4 Å². The van der Waals surface area contributed by atoms with Gasteiger partial charge in [-0.3, -0.25) is 4.79 Å². The first-order valence-electron chi connectivity index (χ1n) is 7.78. The lowest BCUT2D eigenvalue weighted by Gasteiger charge is -2.14. The van der Waals surface area contributed by atoms with E-state index in [2.05, 4.69) is 25.6 Å². The third kappa shape index (κ3) is 4.00. The number of aryl methyl sites for hydroxylation is 1. The predicted octanol–water partition coefficient (Wildman–Crippen LogP) is 2.83. The Kier molecular flexibility index (Phi) is 5.25. The first-order chi connectivity index (χ1) is 13.0. The molecule has 10 heteroatoms. The highest BCUT2D eigenvalue weighted by Crippen LogP contribution is 2.33. The number of ether oxygens (including phenoxy) is 2. The van der Waals surface area contributed by atoms with Gasteiger partial charge in [0.2, 0.25) is 0 Å². The number of carbonyl (C=O) groups excluding carboxylic acids is 1. The molecular formula is C17H15F2N5O3. The van der Waals surface area contributed by atoms with Crippen molar-refractivity contribution in [1.29, 1.82) is 0 Å². The van der Waals surface area contributed by atoms with Crippen molar-refractivity contribution in [1.82, 2.24) is 20.2 Å². The van der Waals surface area contributed by atoms with Crippen LogP contribution in [0.1, 0.15) is 16.2 Å². The van der Waals surface area contributed by atoms with E-state index in [0.29, 0.717) is 17.2 Å². The van der Waals surface area contributed by atoms with Gasteiger partial charge in [-0.15, -0.1) is 5.10 Å². The Labute approximate surface area is 152 Å². The topological polar surface area (TPSA) is 91.2 Å². The first kappa shape index (κ1) is 18.2. The van der Waals surface area contributed by atoms with Crippen LogP contribution in [0.5, 0.6) is 11.5 Å². The molecule has 2 aromatic carbocycles. The molecule has 3 aromatic rings. The molecule has 1 amide bonds. The average molecular weight is 375 g/mol. The fourth-order valence-electron chi connectivity index (χ4n) is 2.45. The molecule has 0 aliphatic heterocycles. The molecule has 8 nitrogen and oxygen atoms in total. The Morgan fingerprint density at radius 2 is 2.00 bits per heavy atom. The normalized spacial score (nSPS) is 10.7. The molecule has 0 aliphatic carbocycles. The van der Waals surface area contributed by atoms with Crippen LogP contribution in [-0.2, 0) is 0 Å². The van der Waals surface area contributed by atoms with Crippen molar-refractivity contribution >= 4 is 11.6 Å². The number of para-hydroxylation sites is 1. The highest BCUT2D eigenvalue weighted by molar-refractivity contribution is 6.06. The van der Waals surface area contributed by atoms with Crippen LogP contribution in [0.4, 0.5) is 14.5 Å². The summed E-state index contributed by atoms with van der Waals surface area (Å²) in [5, 5.41) is 13.9. The van der Waals surface area contributed by atoms with E-state index in [1.807, 2.05) is 0 Å². The summed E-state index contributed by atoms with van der Waals surface area (Å²) in [4.78, 5) is 12.6. The van der Waals surface area contributed by atoms with Gasteiger partial charge in [0.1, 0.15) is 0 Å². The maximum atomic E-state index is 12.7. The quantitative estimate of drug-likeness (QED) is 0.712. The van der Waals surface area contributed by atoms with Crippen LogP contribution < -0.4 is 14.8 Å². The van der Waals surface area contributed by atoms with Gasteiger partial charge in [0.25, 0.3) is 5.91 Å². The molecule has 140 valence electrons. The molecule has 3 rings (SSSR count). The third-order valence-corrected chi connectivity index (χ3v) is 3.62. The molecule has 0 unspecified atom stereocenters. The number of hydrogen-bond donors (Lipinski definition) is 1. The number of benzene rings is 2. The second-order valence-corrected chi connectivity index (χ2v) is 5.36. The van der Waals surface area contributed by atoms with E-state index in [1.54, 1.807) is 31.2 Å². The number of halogens is 2. The van der Waals surface area contributed by atoms with Crippen LogP contribution in [0.15, 0.2) is 42.5 Å². The average Bonchev–Trinajstić information content (AvgIpc) is 3.07. The lowest BCUT2D eigenvalue weighted by atomic mass is 10.1. The van der Waals surface area contributed by atoms with Gasteiger partial charge in [-0.05, 0) is 47.7 Å². The maximum absolute atomic E-state index is 12.7. The number of anilines is 1. The first-order valence-corrected chi connectivity index (χ1v) is 7.78. The van der Waals surface area contributed by atoms with Gasteiger partial charge in [0.05, 0.1) is 18.4 Å². The van der Waals surface area contributed by atoms with E-state index in [1.165, 1.54) is 30.0 Å². The largest absolute Gasteiger partial charge is 0.493 e. The molecule has 0 fully saturated rings. The number of carbonyl (C=O) groups is 1. The monoisotopic (exact) mass is 375 g/mol. The summed E-state index contributed by atoms with van der Waals surface area (Å²) in [6, 6.07) is 11.1. The van der Waals surface area contributed by atoms with Crippen LogP contribution in [0, 0.1) is 6.92 Å². The Bertz CT molecular complexity index is 961. The van der Waals surface area contributed by atoms with Crippen molar-refractivity contribution < 1.29 is 23.0 Å². The lowest BCUT2D eigenvalue weighted by molar-refractivity contribution is -0.0515. The van der Waals surface area contributed by atoms with E-state index in [0.717, 1.165) is 0 Å². The van der Waals surface area contributed by atoms with Crippen LogP contribution >= 0.6 is 0 Å². The molecule has 0 aliphatic rings. The van der Waals surface area contributed by atoms with Crippen molar-refractivity contribution in [2.45, 2.75) is 13.5 Å². The standard InChI is InChI=1S/C17H15F2N5O3/c1-10-21-22-23-24(10)12-6-3-5-11(9-12)20-16(25)13-7-4-8-14(26-2)15(13)27-17(18)19/h3-9,17H,1-2H3,(H,20,25). The highest BCUT2D eigenvalue weighted by atomic mass is 19.3. The summed E-state index contributed by atoms with van der Waals surface area (Å²) in [7, 11) is 1.30. The van der Waals surface area contributed by atoms with Gasteiger partial charge in [-0.1, -0.05) is 12.1 Å². The summed E-state index contributed by atoms with van der Waals surface area (Å²) in [6.07, 6.45) is 0. The van der Waals surface area contributed by atoms with E-state index in [-0.39, 0.29) is 17.1 Å². The summed E-state index contributed by atoms with van der Waals surface area (Å²) in [5.74, 6) is -0.366. The number of alkyl halides is 2. The molecule has 1 heterocycles. The number of amides is 1. The van der Waals surface area contributed by atoms with Crippen molar-refractivity contribution in [2.24, 2.45) is 0 Å². The van der Waals surface area contributed by atoms with Crippen molar-refractivity contribution in [3.8, 4) is 17.2 Å². The van der Waals surface area contributed by atoms with Crippen molar-refractivity contribution in [3.05, 3.63) is 53.9 Å². The van der Waals surface area contributed by atoms with E-state index < -0.39 is 12.5 Å². The van der Waals surface area contributed by atoms with Crippen LogP contribution in [0.3, 0.4) is 0 Å². The van der Waals surface area contributed by atoms with Crippen molar-refractivity contribution in [3.63, 3.8) is 0 Å². The molecule has 0 bridgehead atoms. The molecule has 1 N–H and O–H groups in total. The Morgan fingerprint density at radius 1 is 1.22 bits per heavy atom. The zero-order valence-corrected chi connectivity index (χ0v) is 14.4. The molecule has 0 atom stereocenters. The fraction of sp³-hybridized carbons (Fsp3) is 0.176. The zero-order chi connectivity index (χ0) is 19.4. The van der Waals surface area contributed by atoms with E-state index in [4.69, 9.17) is 4.74 Å². The van der Waals surface area contributed by atoms with E-state index in [9.17, 15) is 13.6 Å². The highest BCUT2D eigenvalue weighted by Gasteiger charge is 2.20. The minimum absolute atomic E-state index is 0.0287. The molecule has 0 spiro atoms. The van der Waals surface area contributed by atoms with Crippen LogP contribution in [-0.4, -0.2) is 39.8 Å². The number of methoxy groups -OCH3 is 1. The molecule has 1 aromatic heterocycles. The minimum Gasteiger partial charge on any atom is -0.493 e. The Balaban J connectivity index is 1.89. The fourth-order valence-corrected chi connectivity index (χ4v) is 2.45. The van der Waals surface area contributed by atoms with Gasteiger partial charge in [-0.2, -0.15) is 13.5 Å². The molecular weight excluding hydrogens is 360 g/mol. The zero-order valence-electron chi connectivity index (χ0n) is 14.4. The second kappa shape index (κ2) is 7.77. The number of nitrogens with one attached hydrogen (secondary N) is 1. The SMILES string of the molecule is COc1cccc(C(=O)Nc2cccc(-n3nnnc3C)c2)c1OC(F)F. The molecule has 27 heavy (non-hydrogen) atoms. The van der Waals surface area contributed by atoms with Gasteiger partial charge >= 0.3 is 6.61 Å². The van der Waals surface area contributed by atoms with E-state index >= 15 is 0 Å². The number of hydrogen-bond acceptors (Lipinski definition) is 6.